The monoisotopic (exact) mass is 507 g/mol. The predicted molar refractivity (Wildman–Crippen MR) is 166 cm³/mol. The van der Waals surface area contributed by atoms with Crippen LogP contribution in [0, 0.1) is 22.7 Å². The van der Waals surface area contributed by atoms with Gasteiger partial charge in [0.05, 0.1) is 5.69 Å². The summed E-state index contributed by atoms with van der Waals surface area (Å²) in [5.41, 5.74) is 10.1. The number of fused-ring (bicyclic) bond motifs is 1. The molecule has 1 nitrogen and oxygen atoms in total. The van der Waals surface area contributed by atoms with Crippen molar-refractivity contribution in [2.24, 2.45) is 22.7 Å². The van der Waals surface area contributed by atoms with Crippen molar-refractivity contribution in [2.45, 2.75) is 93.4 Å². The standard InChI is InChI=1S/C37H49N/c1-9-12-27(3)30-16-18-31(19-17-30)33-22-23-37(8)25-32(20-21-35(37)36(33,6)7)29(5)26(2)14-15-28(4)34-13-10-11-24-38-34/h10-11,13-19,21-22,24,27,29,32H,9,12,20,23,25H2,1-8H3/b26-14+,28-15+/t27-,29-,32?,37-/m1/s1. The Hall–Kier alpha value is -2.67. The Labute approximate surface area is 232 Å². The van der Waals surface area contributed by atoms with E-state index in [0.29, 0.717) is 17.8 Å². The van der Waals surface area contributed by atoms with Crippen LogP contribution in [0.25, 0.3) is 11.1 Å². The van der Waals surface area contributed by atoms with Gasteiger partial charge in [-0.05, 0) is 97.1 Å². The summed E-state index contributed by atoms with van der Waals surface area (Å²) >= 11 is 0. The highest BCUT2D eigenvalue weighted by atomic mass is 14.7. The normalized spacial score (nSPS) is 25.2. The lowest BCUT2D eigenvalue weighted by Gasteiger charge is -2.51. The molecular weight excluding hydrogens is 458 g/mol. The number of nitrogens with zero attached hydrogens (tertiary/aromatic N) is 1. The Morgan fingerprint density at radius 3 is 2.39 bits per heavy atom. The maximum absolute atomic E-state index is 4.50. The quantitative estimate of drug-likeness (QED) is 0.256. The van der Waals surface area contributed by atoms with E-state index >= 15 is 0 Å². The zero-order valence-electron chi connectivity index (χ0n) is 25.1. The molecule has 202 valence electrons. The van der Waals surface area contributed by atoms with Crippen molar-refractivity contribution in [3.05, 3.63) is 101 Å². The molecule has 0 saturated heterocycles. The third-order valence-electron chi connectivity index (χ3n) is 9.69. The maximum Gasteiger partial charge on any atom is 0.0658 e. The van der Waals surface area contributed by atoms with Gasteiger partial charge in [-0.1, -0.05) is 114 Å². The van der Waals surface area contributed by atoms with E-state index in [1.165, 1.54) is 53.5 Å². The highest BCUT2D eigenvalue weighted by molar-refractivity contribution is 5.75. The minimum absolute atomic E-state index is 0.0607. The van der Waals surface area contributed by atoms with Crippen molar-refractivity contribution in [2.75, 3.05) is 0 Å². The topological polar surface area (TPSA) is 12.9 Å². The van der Waals surface area contributed by atoms with Crippen LogP contribution in [0.1, 0.15) is 110 Å². The zero-order valence-corrected chi connectivity index (χ0v) is 25.1. The van der Waals surface area contributed by atoms with E-state index in [-0.39, 0.29) is 10.8 Å². The average Bonchev–Trinajstić information content (AvgIpc) is 2.91. The molecule has 2 aromatic rings. The molecule has 2 aliphatic carbocycles. The predicted octanol–water partition coefficient (Wildman–Crippen LogP) is 10.8. The van der Waals surface area contributed by atoms with Gasteiger partial charge in [0.1, 0.15) is 0 Å². The number of benzene rings is 1. The number of allylic oxidation sites excluding steroid dienone is 8. The fraction of sp³-hybridized carbons (Fsp3) is 0.486. The van der Waals surface area contributed by atoms with Crippen LogP contribution in [0.2, 0.25) is 0 Å². The summed E-state index contributed by atoms with van der Waals surface area (Å²) < 4.78 is 0. The number of hydrogen-bond donors (Lipinski definition) is 0. The van der Waals surface area contributed by atoms with Gasteiger partial charge in [0, 0.05) is 11.6 Å². The number of aromatic nitrogens is 1. The summed E-state index contributed by atoms with van der Waals surface area (Å²) in [5.74, 6) is 1.87. The molecule has 2 aliphatic rings. The summed E-state index contributed by atoms with van der Waals surface area (Å²) in [6, 6.07) is 15.6. The van der Waals surface area contributed by atoms with Crippen molar-refractivity contribution in [1.82, 2.24) is 4.98 Å². The van der Waals surface area contributed by atoms with Gasteiger partial charge in [0.15, 0.2) is 0 Å². The lowest BCUT2D eigenvalue weighted by Crippen LogP contribution is -2.39. The summed E-state index contributed by atoms with van der Waals surface area (Å²) in [6.07, 6.45) is 17.7. The highest BCUT2D eigenvalue weighted by Gasteiger charge is 2.46. The van der Waals surface area contributed by atoms with Crippen LogP contribution in [0.3, 0.4) is 0 Å². The Morgan fingerprint density at radius 1 is 1.00 bits per heavy atom. The average molecular weight is 508 g/mol. The molecule has 38 heavy (non-hydrogen) atoms. The van der Waals surface area contributed by atoms with Gasteiger partial charge >= 0.3 is 0 Å². The second kappa shape index (κ2) is 11.6. The van der Waals surface area contributed by atoms with E-state index in [9.17, 15) is 0 Å². The van der Waals surface area contributed by atoms with Crippen molar-refractivity contribution < 1.29 is 0 Å². The highest BCUT2D eigenvalue weighted by Crippen LogP contribution is 2.59. The third-order valence-corrected chi connectivity index (χ3v) is 9.69. The summed E-state index contributed by atoms with van der Waals surface area (Å²) in [7, 11) is 0. The van der Waals surface area contributed by atoms with Crippen LogP contribution in [0.5, 0.6) is 0 Å². The van der Waals surface area contributed by atoms with Crippen LogP contribution in [-0.4, -0.2) is 4.98 Å². The van der Waals surface area contributed by atoms with E-state index in [1.807, 2.05) is 12.3 Å². The van der Waals surface area contributed by atoms with Gasteiger partial charge in [-0.2, -0.15) is 0 Å². The van der Waals surface area contributed by atoms with Gasteiger partial charge in [-0.25, -0.2) is 0 Å². The van der Waals surface area contributed by atoms with Crippen molar-refractivity contribution >= 4 is 11.1 Å². The van der Waals surface area contributed by atoms with Gasteiger partial charge in [-0.15, -0.1) is 0 Å². The lowest BCUT2D eigenvalue weighted by molar-refractivity contribution is 0.199. The van der Waals surface area contributed by atoms with E-state index in [0.717, 1.165) is 12.1 Å². The molecule has 0 saturated carbocycles. The fourth-order valence-electron chi connectivity index (χ4n) is 7.13. The molecule has 4 atom stereocenters. The number of rotatable bonds is 8. The summed E-state index contributed by atoms with van der Waals surface area (Å²) in [6.45, 7) is 19.0. The molecule has 4 rings (SSSR count). The van der Waals surface area contributed by atoms with Crippen LogP contribution in [0.15, 0.2) is 84.1 Å². The molecule has 0 bridgehead atoms. The molecule has 1 aromatic carbocycles. The van der Waals surface area contributed by atoms with Crippen molar-refractivity contribution in [3.8, 4) is 0 Å². The molecule has 1 unspecified atom stereocenters. The van der Waals surface area contributed by atoms with E-state index in [4.69, 9.17) is 0 Å². The molecule has 1 heteroatoms. The van der Waals surface area contributed by atoms with Crippen molar-refractivity contribution in [3.63, 3.8) is 0 Å². The smallest absolute Gasteiger partial charge is 0.0658 e. The number of pyridine rings is 1. The van der Waals surface area contributed by atoms with Crippen molar-refractivity contribution in [1.29, 1.82) is 0 Å². The second-order valence-corrected chi connectivity index (χ2v) is 12.9. The van der Waals surface area contributed by atoms with Crippen LogP contribution < -0.4 is 0 Å². The molecule has 0 radical (unpaired) electrons. The molecule has 0 aliphatic heterocycles. The Kier molecular flexibility index (Phi) is 8.65. The van der Waals surface area contributed by atoms with Crippen LogP contribution in [-0.2, 0) is 0 Å². The first-order valence-corrected chi connectivity index (χ1v) is 14.9. The van der Waals surface area contributed by atoms with Gasteiger partial charge in [-0.3, -0.25) is 4.98 Å². The summed E-state index contributed by atoms with van der Waals surface area (Å²) in [5, 5.41) is 0. The SMILES string of the molecule is CCC[C@@H](C)c1ccc(C2=CC[C@]3(C)CC([C@H](C)/C(C)=C/C=C(\C)c4ccccn4)CC=C3C2(C)C)cc1. The largest absolute Gasteiger partial charge is 0.257 e. The Bertz CT molecular complexity index is 1220. The van der Waals surface area contributed by atoms with E-state index in [1.54, 1.807) is 5.57 Å². The first kappa shape index (κ1) is 28.3. The zero-order chi connectivity index (χ0) is 27.5. The Morgan fingerprint density at radius 2 is 1.74 bits per heavy atom. The molecule has 0 spiro atoms. The molecule has 0 amide bonds. The first-order valence-electron chi connectivity index (χ1n) is 14.9. The minimum Gasteiger partial charge on any atom is -0.257 e. The molecule has 1 heterocycles. The first-order chi connectivity index (χ1) is 18.1. The third kappa shape index (κ3) is 5.83. The van der Waals surface area contributed by atoms with E-state index in [2.05, 4.69) is 121 Å². The Balaban J connectivity index is 1.51. The molecular formula is C37H49N. The van der Waals surface area contributed by atoms with Crippen LogP contribution in [0.4, 0.5) is 0 Å². The van der Waals surface area contributed by atoms with E-state index < -0.39 is 0 Å². The molecule has 0 fully saturated rings. The maximum atomic E-state index is 4.50. The lowest BCUT2D eigenvalue weighted by atomic mass is 9.54. The van der Waals surface area contributed by atoms with Gasteiger partial charge < -0.3 is 0 Å². The van der Waals surface area contributed by atoms with Gasteiger partial charge in [0.25, 0.3) is 0 Å². The molecule has 0 N–H and O–H groups in total. The molecule has 1 aromatic heterocycles. The summed E-state index contributed by atoms with van der Waals surface area (Å²) in [4.78, 5) is 4.50. The second-order valence-electron chi connectivity index (χ2n) is 12.9. The minimum atomic E-state index is 0.0607. The fourth-order valence-corrected chi connectivity index (χ4v) is 7.13. The van der Waals surface area contributed by atoms with Crippen LogP contribution >= 0.6 is 0 Å². The number of hydrogen-bond acceptors (Lipinski definition) is 1. The van der Waals surface area contributed by atoms with Gasteiger partial charge in [0.2, 0.25) is 0 Å².